The van der Waals surface area contributed by atoms with Crippen LogP contribution in [0.25, 0.3) is 22.5 Å². The summed E-state index contributed by atoms with van der Waals surface area (Å²) in [4.78, 5) is 47.8. The van der Waals surface area contributed by atoms with Crippen LogP contribution >= 0.6 is 0 Å². The van der Waals surface area contributed by atoms with E-state index in [1.54, 1.807) is 24.3 Å². The lowest BCUT2D eigenvalue weighted by molar-refractivity contribution is -0.138. The maximum Gasteiger partial charge on any atom is 0.280 e. The summed E-state index contributed by atoms with van der Waals surface area (Å²) in [6, 6.07) is 24.2. The average molecular weight is 552 g/mol. The minimum Gasteiger partial charge on any atom is -0.364 e. The molecule has 2 amide bonds. The number of benzene rings is 3. The molecular formula is C32H30FN5O3. The predicted octanol–water partition coefficient (Wildman–Crippen LogP) is 3.89. The minimum atomic E-state index is -0.541. The minimum absolute atomic E-state index is 0.0299. The topological polar surface area (TPSA) is 81.7 Å². The van der Waals surface area contributed by atoms with E-state index in [9.17, 15) is 18.8 Å². The Morgan fingerprint density at radius 1 is 0.780 bits per heavy atom. The first-order valence-electron chi connectivity index (χ1n) is 13.7. The first-order valence-corrected chi connectivity index (χ1v) is 13.7. The van der Waals surface area contributed by atoms with Crippen LogP contribution in [-0.2, 0) is 16.1 Å². The van der Waals surface area contributed by atoms with Crippen molar-refractivity contribution < 1.29 is 14.0 Å². The highest BCUT2D eigenvalue weighted by Gasteiger charge is 2.44. The van der Waals surface area contributed by atoms with Gasteiger partial charge in [-0.15, -0.1) is 0 Å². The van der Waals surface area contributed by atoms with Crippen molar-refractivity contribution in [3.63, 3.8) is 0 Å². The molecule has 0 radical (unpaired) electrons. The molecule has 8 nitrogen and oxygen atoms in total. The van der Waals surface area contributed by atoms with Crippen molar-refractivity contribution in [3.8, 4) is 16.9 Å². The van der Waals surface area contributed by atoms with E-state index in [0.29, 0.717) is 35.6 Å². The van der Waals surface area contributed by atoms with Crippen LogP contribution in [0, 0.1) is 5.82 Å². The van der Waals surface area contributed by atoms with Crippen LogP contribution in [0.15, 0.2) is 95.4 Å². The summed E-state index contributed by atoms with van der Waals surface area (Å²) in [6.07, 6.45) is 0. The molecule has 1 fully saturated rings. The first kappa shape index (κ1) is 26.5. The zero-order valence-electron chi connectivity index (χ0n) is 22.7. The molecule has 0 atom stereocenters. The van der Waals surface area contributed by atoms with Crippen molar-refractivity contribution in [2.24, 2.45) is 0 Å². The van der Waals surface area contributed by atoms with Crippen molar-refractivity contribution in [1.82, 2.24) is 24.5 Å². The molecule has 1 saturated heterocycles. The molecule has 0 aliphatic carbocycles. The number of aromatic amines is 1. The van der Waals surface area contributed by atoms with E-state index in [0.717, 1.165) is 24.5 Å². The standard InChI is InChI=1S/C32H30FN5O3/c1-2-35-17-19-36(20-18-35)29-27(30(39)37(32(29)41)21-22-13-15-24(33)16-14-22)26-28(23-9-5-3-6-10-23)34-38(31(26)40)25-11-7-4-8-12-25/h3-16,34H,2,17-21H2,1H3. The van der Waals surface area contributed by atoms with Gasteiger partial charge in [-0.1, -0.05) is 67.6 Å². The van der Waals surface area contributed by atoms with Gasteiger partial charge in [-0.3, -0.25) is 24.4 Å². The zero-order valence-corrected chi connectivity index (χ0v) is 22.7. The summed E-state index contributed by atoms with van der Waals surface area (Å²) in [6.45, 7) is 5.52. The number of piperazine rings is 1. The smallest absolute Gasteiger partial charge is 0.280 e. The SMILES string of the molecule is CCN1CCN(C2=C(c3c(-c4ccccc4)[nH]n(-c4ccccc4)c3=O)C(=O)N(Cc3ccc(F)cc3)C2=O)CC1. The molecule has 1 aromatic heterocycles. The van der Waals surface area contributed by atoms with Crippen molar-refractivity contribution in [2.75, 3.05) is 32.7 Å². The maximum absolute atomic E-state index is 14.2. The number of H-pyrrole nitrogens is 1. The van der Waals surface area contributed by atoms with Gasteiger partial charge in [0.05, 0.1) is 29.1 Å². The van der Waals surface area contributed by atoms with Crippen molar-refractivity contribution in [3.05, 3.63) is 118 Å². The highest BCUT2D eigenvalue weighted by atomic mass is 19.1. The van der Waals surface area contributed by atoms with Gasteiger partial charge >= 0.3 is 0 Å². The van der Waals surface area contributed by atoms with E-state index < -0.39 is 23.2 Å². The molecule has 2 aliphatic rings. The third-order valence-corrected chi connectivity index (χ3v) is 7.75. The van der Waals surface area contributed by atoms with Crippen molar-refractivity contribution >= 4 is 17.4 Å². The molecule has 2 aliphatic heterocycles. The van der Waals surface area contributed by atoms with Gasteiger partial charge in [0.15, 0.2) is 0 Å². The highest BCUT2D eigenvalue weighted by Crippen LogP contribution is 2.36. The van der Waals surface area contributed by atoms with Crippen LogP contribution in [0.5, 0.6) is 0 Å². The van der Waals surface area contributed by atoms with Crippen LogP contribution < -0.4 is 5.56 Å². The Morgan fingerprint density at radius 3 is 2.05 bits per heavy atom. The third kappa shape index (κ3) is 4.89. The van der Waals surface area contributed by atoms with E-state index in [1.807, 2.05) is 53.4 Å². The number of rotatable bonds is 7. The van der Waals surface area contributed by atoms with Crippen LogP contribution in [0.4, 0.5) is 4.39 Å². The predicted molar refractivity (Wildman–Crippen MR) is 154 cm³/mol. The molecule has 3 heterocycles. The fourth-order valence-electron chi connectivity index (χ4n) is 5.53. The molecule has 208 valence electrons. The lowest BCUT2D eigenvalue weighted by Gasteiger charge is -2.35. The molecule has 9 heteroatoms. The van der Waals surface area contributed by atoms with Crippen LogP contribution in [0.3, 0.4) is 0 Å². The quantitative estimate of drug-likeness (QED) is 0.353. The molecule has 41 heavy (non-hydrogen) atoms. The van der Waals surface area contributed by atoms with Gasteiger partial charge in [0.2, 0.25) is 0 Å². The Kier molecular flexibility index (Phi) is 7.11. The van der Waals surface area contributed by atoms with Crippen LogP contribution in [0.2, 0.25) is 0 Å². The lowest BCUT2D eigenvalue weighted by atomic mass is 9.99. The number of likely N-dealkylation sites (N-methyl/N-ethyl adjacent to an activating group) is 1. The van der Waals surface area contributed by atoms with Gasteiger partial charge in [0.25, 0.3) is 17.4 Å². The number of hydrogen-bond acceptors (Lipinski definition) is 5. The number of nitrogens with zero attached hydrogens (tertiary/aromatic N) is 4. The molecule has 0 unspecified atom stereocenters. The average Bonchev–Trinajstić information content (AvgIpc) is 3.47. The maximum atomic E-state index is 14.2. The fraction of sp³-hybridized carbons (Fsp3) is 0.219. The Labute approximate surface area is 236 Å². The van der Waals surface area contributed by atoms with E-state index in [-0.39, 0.29) is 23.4 Å². The molecule has 0 saturated carbocycles. The molecule has 0 bridgehead atoms. The van der Waals surface area contributed by atoms with Crippen LogP contribution in [-0.4, -0.2) is 69.0 Å². The van der Waals surface area contributed by atoms with Crippen molar-refractivity contribution in [1.29, 1.82) is 0 Å². The van der Waals surface area contributed by atoms with Gasteiger partial charge in [-0.2, -0.15) is 0 Å². The number of hydrogen-bond donors (Lipinski definition) is 1. The Balaban J connectivity index is 1.53. The van der Waals surface area contributed by atoms with Crippen molar-refractivity contribution in [2.45, 2.75) is 13.5 Å². The van der Waals surface area contributed by atoms with Gasteiger partial charge in [-0.25, -0.2) is 9.07 Å². The van der Waals surface area contributed by atoms with E-state index in [1.165, 1.54) is 16.8 Å². The summed E-state index contributed by atoms with van der Waals surface area (Å²) in [5, 5.41) is 3.22. The number of aromatic nitrogens is 2. The summed E-state index contributed by atoms with van der Waals surface area (Å²) < 4.78 is 15.0. The van der Waals surface area contributed by atoms with Gasteiger partial charge in [0.1, 0.15) is 11.5 Å². The molecule has 6 rings (SSSR count). The Hall–Kier alpha value is -4.76. The zero-order chi connectivity index (χ0) is 28.5. The number of carbonyl (C=O) groups is 2. The summed E-state index contributed by atoms with van der Waals surface area (Å²) in [7, 11) is 0. The third-order valence-electron chi connectivity index (χ3n) is 7.75. The summed E-state index contributed by atoms with van der Waals surface area (Å²) in [5.74, 6) is -1.40. The van der Waals surface area contributed by atoms with E-state index in [2.05, 4.69) is 16.9 Å². The number of halogens is 1. The van der Waals surface area contributed by atoms with Crippen LogP contribution in [0.1, 0.15) is 18.1 Å². The molecule has 0 spiro atoms. The summed E-state index contributed by atoms with van der Waals surface area (Å²) >= 11 is 0. The second-order valence-corrected chi connectivity index (χ2v) is 10.2. The molecule has 1 N–H and O–H groups in total. The normalized spacial score (nSPS) is 16.2. The number of carbonyl (C=O) groups excluding carboxylic acids is 2. The van der Waals surface area contributed by atoms with Gasteiger partial charge in [0, 0.05) is 31.7 Å². The second-order valence-electron chi connectivity index (χ2n) is 10.2. The molecule has 3 aromatic carbocycles. The first-order chi connectivity index (χ1) is 20.0. The number of nitrogens with one attached hydrogen (secondary N) is 1. The number of para-hydroxylation sites is 1. The second kappa shape index (κ2) is 11.0. The fourth-order valence-corrected chi connectivity index (χ4v) is 5.53. The Bertz CT molecular complexity index is 1670. The van der Waals surface area contributed by atoms with Gasteiger partial charge in [-0.05, 0) is 36.4 Å². The largest absolute Gasteiger partial charge is 0.364 e. The lowest BCUT2D eigenvalue weighted by Crippen LogP contribution is -2.47. The highest BCUT2D eigenvalue weighted by molar-refractivity contribution is 6.36. The summed E-state index contributed by atoms with van der Waals surface area (Å²) in [5.41, 5.74) is 2.48. The number of amides is 2. The molecule has 4 aromatic rings. The monoisotopic (exact) mass is 551 g/mol. The van der Waals surface area contributed by atoms with E-state index in [4.69, 9.17) is 0 Å². The van der Waals surface area contributed by atoms with Gasteiger partial charge < -0.3 is 9.80 Å². The number of imide groups is 1. The van der Waals surface area contributed by atoms with E-state index >= 15 is 0 Å². The Morgan fingerprint density at radius 2 is 1.41 bits per heavy atom. The molecular weight excluding hydrogens is 521 g/mol.